The third-order valence-corrected chi connectivity index (χ3v) is 7.05. The summed E-state index contributed by atoms with van der Waals surface area (Å²) in [4.78, 5) is 23.3. The van der Waals surface area contributed by atoms with Crippen molar-refractivity contribution in [3.05, 3.63) is 147 Å². The van der Waals surface area contributed by atoms with Crippen molar-refractivity contribution < 1.29 is 14.5 Å². The minimum absolute atomic E-state index is 0.117. The van der Waals surface area contributed by atoms with E-state index in [-0.39, 0.29) is 11.3 Å². The number of nitro benzene ring substituents is 1. The summed E-state index contributed by atoms with van der Waals surface area (Å²) >= 11 is 6.19. The van der Waals surface area contributed by atoms with Crippen molar-refractivity contribution in [2.45, 2.75) is 13.2 Å². The number of nitrogens with one attached hydrogen (secondary N) is 1. The van der Waals surface area contributed by atoms with Gasteiger partial charge in [-0.15, -0.1) is 5.10 Å². The van der Waals surface area contributed by atoms with Crippen LogP contribution in [0.5, 0.6) is 0 Å². The normalized spacial score (nSPS) is 14.6. The first-order valence-electron chi connectivity index (χ1n) is 13.5. The van der Waals surface area contributed by atoms with E-state index in [4.69, 9.17) is 26.5 Å². The molecular weight excluding hydrogens is 582 g/mol. The molecule has 1 atom stereocenters. The molecule has 1 aromatic heterocycles. The van der Waals surface area contributed by atoms with E-state index in [1.54, 1.807) is 28.7 Å². The molecule has 0 aliphatic carbocycles. The number of ether oxygens (including phenoxy) is 1. The van der Waals surface area contributed by atoms with Gasteiger partial charge >= 0.3 is 0 Å². The van der Waals surface area contributed by atoms with Crippen molar-refractivity contribution in [3.63, 3.8) is 0 Å². The molecule has 11 nitrogen and oxygen atoms in total. The maximum absolute atomic E-state index is 12.8. The molecule has 6 rings (SSSR count). The number of aromatic nitrogens is 2. The molecule has 4 aromatic carbocycles. The Morgan fingerprint density at radius 2 is 1.59 bits per heavy atom. The number of hydrazone groups is 2. The first-order valence-corrected chi connectivity index (χ1v) is 13.8. The number of nitro groups is 1. The number of carbonyl (C=O) groups excluding carboxylic acids is 1. The van der Waals surface area contributed by atoms with Gasteiger partial charge in [0, 0.05) is 40.0 Å². The van der Waals surface area contributed by atoms with E-state index in [9.17, 15) is 14.9 Å². The molecule has 0 radical (unpaired) electrons. The van der Waals surface area contributed by atoms with Gasteiger partial charge in [-0.2, -0.15) is 10.2 Å². The minimum atomic E-state index is -0.798. The molecule has 44 heavy (non-hydrogen) atoms. The van der Waals surface area contributed by atoms with Crippen molar-refractivity contribution in [1.29, 1.82) is 0 Å². The van der Waals surface area contributed by atoms with Crippen LogP contribution in [0.15, 0.2) is 126 Å². The van der Waals surface area contributed by atoms with Crippen molar-refractivity contribution in [2.24, 2.45) is 10.2 Å². The number of hydrogen-bond acceptors (Lipinski definition) is 7. The standard InChI is InChI=1S/C32H24ClN7O4/c1-21(34-35-30(41)23-14-18-27(19-15-23)40(42)43)39-32(44-31(37-39)24-8-4-2-5-9-24)28-20-38(26-10-6-3-7-11-26)36-29(28)22-12-16-25(33)17-13-22/h2-20,32H,1H3,(H,35,41)/b34-21+. The topological polar surface area (TPSA) is 127 Å². The molecule has 1 unspecified atom stereocenters. The number of nitrogens with zero attached hydrogens (tertiary/aromatic N) is 6. The Kier molecular flexibility index (Phi) is 7.85. The van der Waals surface area contributed by atoms with E-state index in [2.05, 4.69) is 10.5 Å². The van der Waals surface area contributed by atoms with Gasteiger partial charge in [0.05, 0.1) is 16.2 Å². The van der Waals surface area contributed by atoms with Crippen LogP contribution in [-0.4, -0.2) is 37.4 Å². The largest absolute Gasteiger partial charge is 0.446 e. The predicted octanol–water partition coefficient (Wildman–Crippen LogP) is 6.56. The molecule has 0 saturated carbocycles. The fourth-order valence-electron chi connectivity index (χ4n) is 4.57. The SMILES string of the molecule is C/C(=N\NC(=O)c1ccc([N+](=O)[O-])cc1)N1N=C(c2ccccc2)OC1c1cn(-c2ccccc2)nc1-c1ccc(Cl)cc1. The average molecular weight is 606 g/mol. The lowest BCUT2D eigenvalue weighted by Crippen LogP contribution is -2.29. The Balaban J connectivity index is 1.38. The first-order chi connectivity index (χ1) is 21.4. The number of carbonyl (C=O) groups is 1. The van der Waals surface area contributed by atoms with E-state index in [1.807, 2.05) is 79.0 Å². The van der Waals surface area contributed by atoms with Crippen LogP contribution >= 0.6 is 11.6 Å². The summed E-state index contributed by atoms with van der Waals surface area (Å²) in [5.74, 6) is 0.147. The third-order valence-electron chi connectivity index (χ3n) is 6.80. The molecule has 1 aliphatic rings. The number of benzene rings is 4. The summed E-state index contributed by atoms with van der Waals surface area (Å²) in [6, 6.07) is 31.7. The van der Waals surface area contributed by atoms with Gasteiger partial charge < -0.3 is 4.74 Å². The number of rotatable bonds is 7. The molecule has 5 aromatic rings. The Labute approximate surface area is 256 Å². The smallest absolute Gasteiger partial charge is 0.271 e. The zero-order valence-corrected chi connectivity index (χ0v) is 24.0. The van der Waals surface area contributed by atoms with Crippen LogP contribution in [0.1, 0.15) is 34.6 Å². The summed E-state index contributed by atoms with van der Waals surface area (Å²) in [5, 5.41) is 27.1. The maximum Gasteiger partial charge on any atom is 0.271 e. The summed E-state index contributed by atoms with van der Waals surface area (Å²) < 4.78 is 8.24. The zero-order valence-electron chi connectivity index (χ0n) is 23.2. The molecular formula is C32H24ClN7O4. The van der Waals surface area contributed by atoms with Gasteiger partial charge in [0.1, 0.15) is 11.5 Å². The van der Waals surface area contributed by atoms with Gasteiger partial charge in [0.15, 0.2) is 0 Å². The highest BCUT2D eigenvalue weighted by Gasteiger charge is 2.36. The molecule has 0 spiro atoms. The highest BCUT2D eigenvalue weighted by Crippen LogP contribution is 2.37. The predicted molar refractivity (Wildman–Crippen MR) is 166 cm³/mol. The number of halogens is 1. The second-order valence-corrected chi connectivity index (χ2v) is 10.1. The summed E-state index contributed by atoms with van der Waals surface area (Å²) in [6.07, 6.45) is 1.08. The molecule has 0 fully saturated rings. The van der Waals surface area contributed by atoms with E-state index in [1.165, 1.54) is 24.3 Å². The van der Waals surface area contributed by atoms with Crippen LogP contribution in [-0.2, 0) is 4.74 Å². The van der Waals surface area contributed by atoms with Gasteiger partial charge in [0.2, 0.25) is 12.1 Å². The van der Waals surface area contributed by atoms with E-state index in [0.717, 1.165) is 16.8 Å². The Morgan fingerprint density at radius 1 is 0.932 bits per heavy atom. The Morgan fingerprint density at radius 3 is 2.25 bits per heavy atom. The van der Waals surface area contributed by atoms with Crippen molar-refractivity contribution >= 4 is 34.9 Å². The molecule has 1 amide bonds. The van der Waals surface area contributed by atoms with Gasteiger partial charge in [-0.05, 0) is 55.5 Å². The van der Waals surface area contributed by atoms with Gasteiger partial charge in [-0.1, -0.05) is 60.1 Å². The van der Waals surface area contributed by atoms with Crippen molar-refractivity contribution in [3.8, 4) is 16.9 Å². The van der Waals surface area contributed by atoms with Gasteiger partial charge in [-0.3, -0.25) is 14.9 Å². The number of amidine groups is 1. The number of non-ortho nitro benzene ring substituents is 1. The molecule has 0 bridgehead atoms. The minimum Gasteiger partial charge on any atom is -0.446 e. The lowest BCUT2D eigenvalue weighted by atomic mass is 10.1. The molecule has 2 heterocycles. The summed E-state index contributed by atoms with van der Waals surface area (Å²) in [7, 11) is 0. The Hall–Kier alpha value is -5.81. The molecule has 0 saturated heterocycles. The van der Waals surface area contributed by atoms with Crippen molar-refractivity contribution in [1.82, 2.24) is 20.2 Å². The fourth-order valence-corrected chi connectivity index (χ4v) is 4.69. The van der Waals surface area contributed by atoms with E-state index in [0.29, 0.717) is 28.0 Å². The number of para-hydroxylation sites is 1. The number of hydrogen-bond donors (Lipinski definition) is 1. The van der Waals surface area contributed by atoms with Crippen LogP contribution in [0.25, 0.3) is 16.9 Å². The lowest BCUT2D eigenvalue weighted by Gasteiger charge is -2.21. The van der Waals surface area contributed by atoms with Crippen LogP contribution in [0.4, 0.5) is 5.69 Å². The molecule has 12 heteroatoms. The van der Waals surface area contributed by atoms with Crippen LogP contribution < -0.4 is 5.43 Å². The monoisotopic (exact) mass is 605 g/mol. The zero-order chi connectivity index (χ0) is 30.6. The van der Waals surface area contributed by atoms with Gasteiger partial charge in [0.25, 0.3) is 11.6 Å². The maximum atomic E-state index is 12.8. The third kappa shape index (κ3) is 5.90. The van der Waals surface area contributed by atoms with Gasteiger partial charge in [-0.25, -0.2) is 15.1 Å². The second kappa shape index (κ2) is 12.2. The van der Waals surface area contributed by atoms with Crippen LogP contribution in [0.2, 0.25) is 5.02 Å². The van der Waals surface area contributed by atoms with E-state index >= 15 is 0 Å². The highest BCUT2D eigenvalue weighted by molar-refractivity contribution is 6.30. The molecule has 218 valence electrons. The Bertz CT molecular complexity index is 1870. The summed E-state index contributed by atoms with van der Waals surface area (Å²) in [6.45, 7) is 1.69. The first kappa shape index (κ1) is 28.3. The number of amides is 1. The average Bonchev–Trinajstić information content (AvgIpc) is 3.70. The van der Waals surface area contributed by atoms with E-state index < -0.39 is 17.1 Å². The van der Waals surface area contributed by atoms with Crippen LogP contribution in [0, 0.1) is 10.1 Å². The second-order valence-electron chi connectivity index (χ2n) is 9.71. The summed E-state index contributed by atoms with van der Waals surface area (Å²) in [5.41, 5.74) is 6.37. The highest BCUT2D eigenvalue weighted by atomic mass is 35.5. The van der Waals surface area contributed by atoms with Crippen LogP contribution in [0.3, 0.4) is 0 Å². The lowest BCUT2D eigenvalue weighted by molar-refractivity contribution is -0.384. The molecule has 1 aliphatic heterocycles. The fraction of sp³-hybridized carbons (Fsp3) is 0.0625. The molecule has 1 N–H and O–H groups in total. The van der Waals surface area contributed by atoms with Crippen molar-refractivity contribution in [2.75, 3.05) is 0 Å². The quantitative estimate of drug-likeness (QED) is 0.0969.